The van der Waals surface area contributed by atoms with Crippen molar-refractivity contribution in [3.63, 3.8) is 0 Å². The second-order valence-electron chi connectivity index (χ2n) is 8.43. The summed E-state index contributed by atoms with van der Waals surface area (Å²) in [6, 6.07) is 0. The zero-order valence-corrected chi connectivity index (χ0v) is 19.9. The van der Waals surface area contributed by atoms with Crippen molar-refractivity contribution in [1.29, 1.82) is 0 Å². The monoisotopic (exact) mass is 550 g/mol. The molecule has 0 aromatic rings. The molecular formula is C20H38O17. The largest absolute Gasteiger partial charge is 0.433 e. The number of hydrogen-bond acceptors (Lipinski definition) is 17. The Labute approximate surface area is 211 Å². The van der Waals surface area contributed by atoms with Crippen molar-refractivity contribution >= 4 is 5.97 Å². The van der Waals surface area contributed by atoms with E-state index in [0.717, 1.165) is 6.92 Å². The van der Waals surface area contributed by atoms with E-state index in [4.69, 9.17) is 19.3 Å². The van der Waals surface area contributed by atoms with Gasteiger partial charge in [0.2, 0.25) is 6.29 Å². The van der Waals surface area contributed by atoms with E-state index >= 15 is 0 Å². The third-order valence-electron chi connectivity index (χ3n) is 5.59. The Balaban J connectivity index is 3.29. The Bertz CT molecular complexity index is 652. The van der Waals surface area contributed by atoms with Crippen LogP contribution in [-0.4, -0.2) is 167 Å². The first-order chi connectivity index (χ1) is 17.3. The first-order valence-electron chi connectivity index (χ1n) is 11.4. The van der Waals surface area contributed by atoms with Gasteiger partial charge in [-0.15, -0.1) is 0 Å². The summed E-state index contributed by atoms with van der Waals surface area (Å²) in [7, 11) is 0. The first kappa shape index (κ1) is 33.9. The van der Waals surface area contributed by atoms with Crippen LogP contribution >= 0.6 is 0 Å². The summed E-state index contributed by atoms with van der Waals surface area (Å²) in [6.07, 6.45) is -26.9. The van der Waals surface area contributed by atoms with Gasteiger partial charge in [-0.2, -0.15) is 0 Å². The first-order valence-corrected chi connectivity index (χ1v) is 11.4. The van der Waals surface area contributed by atoms with Crippen LogP contribution in [0.4, 0.5) is 0 Å². The number of ether oxygens (including phenoxy) is 4. The van der Waals surface area contributed by atoms with Crippen LogP contribution in [0.25, 0.3) is 0 Å². The minimum atomic E-state index is -2.42. The molecule has 13 unspecified atom stereocenters. The average molecular weight is 551 g/mol. The van der Waals surface area contributed by atoms with E-state index in [1.54, 1.807) is 0 Å². The van der Waals surface area contributed by atoms with E-state index in [1.807, 2.05) is 0 Å². The van der Waals surface area contributed by atoms with Gasteiger partial charge in [-0.3, -0.25) is 4.79 Å². The summed E-state index contributed by atoms with van der Waals surface area (Å²) < 4.78 is 20.4. The Kier molecular flexibility index (Phi) is 14.7. The van der Waals surface area contributed by atoms with Gasteiger partial charge < -0.3 is 80.2 Å². The second-order valence-corrected chi connectivity index (χ2v) is 8.43. The molecule has 12 N–H and O–H groups in total. The lowest BCUT2D eigenvalue weighted by Gasteiger charge is -2.43. The highest BCUT2D eigenvalue weighted by Crippen LogP contribution is 2.27. The number of carbonyl (C=O) groups excluding carboxylic acids is 1. The van der Waals surface area contributed by atoms with Crippen LogP contribution in [-0.2, 0) is 23.7 Å². The summed E-state index contributed by atoms with van der Waals surface area (Å²) in [6.45, 7) is -1.24. The maximum absolute atomic E-state index is 11.4. The second kappa shape index (κ2) is 16.1. The summed E-state index contributed by atoms with van der Waals surface area (Å²) in [5, 5.41) is 119. The number of aliphatic hydroxyl groups excluding tert-OH is 12. The number of carbonyl (C=O) groups is 1. The average Bonchev–Trinajstić information content (AvgIpc) is 2.84. The van der Waals surface area contributed by atoms with Crippen LogP contribution in [0.2, 0.25) is 0 Å². The Hall–Kier alpha value is -1.13. The van der Waals surface area contributed by atoms with Crippen molar-refractivity contribution in [2.45, 2.75) is 99.7 Å². The highest BCUT2D eigenvalue weighted by Gasteiger charge is 2.48. The lowest BCUT2D eigenvalue weighted by atomic mass is 9.98. The minimum Gasteiger partial charge on any atom is -0.433 e. The van der Waals surface area contributed by atoms with E-state index in [0.29, 0.717) is 0 Å². The Morgan fingerprint density at radius 2 is 1.35 bits per heavy atom. The lowest BCUT2D eigenvalue weighted by Crippen LogP contribution is -2.62. The minimum absolute atomic E-state index is 0.393. The molecule has 0 bridgehead atoms. The van der Waals surface area contributed by atoms with E-state index in [1.165, 1.54) is 0 Å². The van der Waals surface area contributed by atoms with Gasteiger partial charge in [0.25, 0.3) is 0 Å². The molecule has 13 atom stereocenters. The molecule has 17 nitrogen and oxygen atoms in total. The molecule has 0 aliphatic carbocycles. The zero-order valence-electron chi connectivity index (χ0n) is 19.9. The van der Waals surface area contributed by atoms with Gasteiger partial charge in [0.1, 0.15) is 42.7 Å². The fraction of sp³-hybridized carbons (Fsp3) is 0.950. The SMILES string of the molecule is CC(=O)OC(O)C(OC1OC(CO)C(O)C(O)C1O)C(OC(O)C(O)C(O)C(O)CCO)C(O)CCO. The molecule has 220 valence electrons. The molecule has 1 saturated heterocycles. The maximum atomic E-state index is 11.4. The third-order valence-corrected chi connectivity index (χ3v) is 5.59. The summed E-state index contributed by atoms with van der Waals surface area (Å²) >= 11 is 0. The molecular weight excluding hydrogens is 512 g/mol. The lowest BCUT2D eigenvalue weighted by molar-refractivity contribution is -0.349. The fourth-order valence-electron chi connectivity index (χ4n) is 3.50. The molecule has 0 amide bonds. The topological polar surface area (TPSA) is 297 Å². The Morgan fingerprint density at radius 3 is 1.86 bits per heavy atom. The van der Waals surface area contributed by atoms with Crippen LogP contribution in [0.5, 0.6) is 0 Å². The number of hydrogen-bond donors (Lipinski definition) is 12. The van der Waals surface area contributed by atoms with Gasteiger partial charge in [0, 0.05) is 20.1 Å². The van der Waals surface area contributed by atoms with Gasteiger partial charge >= 0.3 is 5.97 Å². The molecule has 0 radical (unpaired) electrons. The maximum Gasteiger partial charge on any atom is 0.305 e. The van der Waals surface area contributed by atoms with Gasteiger partial charge in [0.15, 0.2) is 18.7 Å². The standard InChI is InChI=1S/C20H38O17/c1-7(24)34-19(33)17(37-20-15(31)13(29)12(28)10(6-23)35-20)16(9(26)3-5-22)36-18(32)14(30)11(27)8(25)2-4-21/h8-23,25-33H,2-6H2,1H3. The van der Waals surface area contributed by atoms with Crippen LogP contribution in [0, 0.1) is 0 Å². The molecule has 0 saturated carbocycles. The van der Waals surface area contributed by atoms with Crippen LogP contribution in [0.1, 0.15) is 19.8 Å². The molecule has 37 heavy (non-hydrogen) atoms. The molecule has 1 aliphatic heterocycles. The summed E-state index contributed by atoms with van der Waals surface area (Å²) in [5.41, 5.74) is 0. The van der Waals surface area contributed by atoms with E-state index in [2.05, 4.69) is 4.74 Å². The predicted molar refractivity (Wildman–Crippen MR) is 115 cm³/mol. The van der Waals surface area contributed by atoms with E-state index in [-0.39, 0.29) is 0 Å². The van der Waals surface area contributed by atoms with E-state index < -0.39 is 119 Å². The van der Waals surface area contributed by atoms with Crippen molar-refractivity contribution in [3.05, 3.63) is 0 Å². The highest BCUT2D eigenvalue weighted by molar-refractivity contribution is 5.66. The predicted octanol–water partition coefficient (Wildman–Crippen LogP) is -7.03. The van der Waals surface area contributed by atoms with Crippen LogP contribution in [0.15, 0.2) is 0 Å². The fourth-order valence-corrected chi connectivity index (χ4v) is 3.50. The number of rotatable bonds is 16. The normalized spacial score (nSPS) is 31.0. The Morgan fingerprint density at radius 1 is 0.784 bits per heavy atom. The van der Waals surface area contributed by atoms with Crippen LogP contribution in [0.3, 0.4) is 0 Å². The van der Waals surface area contributed by atoms with E-state index in [9.17, 15) is 61.0 Å². The van der Waals surface area contributed by atoms with Gasteiger partial charge in [-0.05, 0) is 12.8 Å². The molecule has 0 aromatic heterocycles. The van der Waals surface area contributed by atoms with Crippen molar-refractivity contribution in [2.24, 2.45) is 0 Å². The third kappa shape index (κ3) is 9.53. The van der Waals surface area contributed by atoms with Gasteiger partial charge in [-0.1, -0.05) is 0 Å². The molecule has 1 heterocycles. The zero-order chi connectivity index (χ0) is 28.4. The molecule has 1 fully saturated rings. The molecule has 1 rings (SSSR count). The van der Waals surface area contributed by atoms with Crippen molar-refractivity contribution in [3.8, 4) is 0 Å². The number of aliphatic hydroxyl groups is 12. The molecule has 0 aromatic carbocycles. The van der Waals surface area contributed by atoms with Crippen molar-refractivity contribution in [1.82, 2.24) is 0 Å². The van der Waals surface area contributed by atoms with Crippen molar-refractivity contribution in [2.75, 3.05) is 19.8 Å². The summed E-state index contributed by atoms with van der Waals surface area (Å²) in [4.78, 5) is 11.4. The van der Waals surface area contributed by atoms with Gasteiger partial charge in [0.05, 0.1) is 18.8 Å². The molecule has 0 spiro atoms. The molecule has 1 aliphatic rings. The number of esters is 1. The molecule has 17 heteroatoms. The smallest absolute Gasteiger partial charge is 0.305 e. The summed E-state index contributed by atoms with van der Waals surface area (Å²) in [5.74, 6) is -1.08. The quantitative estimate of drug-likeness (QED) is 0.0627. The van der Waals surface area contributed by atoms with Gasteiger partial charge in [-0.25, -0.2) is 0 Å². The highest BCUT2D eigenvalue weighted by atomic mass is 16.7. The van der Waals surface area contributed by atoms with Crippen LogP contribution < -0.4 is 0 Å². The van der Waals surface area contributed by atoms with Crippen molar-refractivity contribution < 1.29 is 85.0 Å².